The summed E-state index contributed by atoms with van der Waals surface area (Å²) in [5.41, 5.74) is 0.139. The van der Waals surface area contributed by atoms with Gasteiger partial charge in [0.25, 0.3) is 5.91 Å². The van der Waals surface area contributed by atoms with Crippen LogP contribution in [0.4, 0.5) is 0 Å². The number of halogens is 2. The van der Waals surface area contributed by atoms with Crippen molar-refractivity contribution in [3.63, 3.8) is 0 Å². The maximum absolute atomic E-state index is 12.5. The van der Waals surface area contributed by atoms with Gasteiger partial charge in [0.2, 0.25) is 5.91 Å². The van der Waals surface area contributed by atoms with Crippen LogP contribution in [0.5, 0.6) is 0 Å². The van der Waals surface area contributed by atoms with Crippen LogP contribution in [-0.4, -0.2) is 59.6 Å². The SMILES string of the molecule is CC(NC(=O)c1cccc(Cl)c1Cl)C(=O)N1CCOCC1C(=O)O. The summed E-state index contributed by atoms with van der Waals surface area (Å²) in [7, 11) is 0. The molecule has 1 aromatic carbocycles. The first-order chi connectivity index (χ1) is 11.3. The monoisotopic (exact) mass is 374 g/mol. The fourth-order valence-corrected chi connectivity index (χ4v) is 2.72. The van der Waals surface area contributed by atoms with Crippen molar-refractivity contribution >= 4 is 41.0 Å². The minimum atomic E-state index is -1.15. The van der Waals surface area contributed by atoms with E-state index in [-0.39, 0.29) is 35.4 Å². The van der Waals surface area contributed by atoms with Crippen molar-refractivity contribution in [1.82, 2.24) is 10.2 Å². The lowest BCUT2D eigenvalue weighted by Crippen LogP contribution is -2.57. The van der Waals surface area contributed by atoms with E-state index in [9.17, 15) is 19.5 Å². The van der Waals surface area contributed by atoms with Gasteiger partial charge in [-0.2, -0.15) is 0 Å². The van der Waals surface area contributed by atoms with E-state index in [2.05, 4.69) is 5.32 Å². The molecule has 0 aliphatic carbocycles. The second-order valence-electron chi connectivity index (χ2n) is 5.26. The van der Waals surface area contributed by atoms with Crippen LogP contribution in [0.25, 0.3) is 0 Å². The number of amides is 2. The van der Waals surface area contributed by atoms with Gasteiger partial charge in [-0.05, 0) is 19.1 Å². The molecule has 0 saturated carbocycles. The Balaban J connectivity index is 2.09. The number of benzene rings is 1. The minimum Gasteiger partial charge on any atom is -0.480 e. The molecule has 1 fully saturated rings. The Hall–Kier alpha value is -1.83. The summed E-state index contributed by atoms with van der Waals surface area (Å²) in [5.74, 6) is -2.22. The number of carboxylic acid groups (broad SMARTS) is 1. The third-order valence-electron chi connectivity index (χ3n) is 3.61. The van der Waals surface area contributed by atoms with E-state index in [4.69, 9.17) is 27.9 Å². The van der Waals surface area contributed by atoms with E-state index in [1.807, 2.05) is 0 Å². The molecule has 130 valence electrons. The molecule has 0 bridgehead atoms. The second-order valence-corrected chi connectivity index (χ2v) is 6.04. The first kappa shape index (κ1) is 18.5. The van der Waals surface area contributed by atoms with Gasteiger partial charge >= 0.3 is 5.97 Å². The van der Waals surface area contributed by atoms with Gasteiger partial charge in [0.15, 0.2) is 6.04 Å². The fraction of sp³-hybridized carbons (Fsp3) is 0.400. The van der Waals surface area contributed by atoms with Crippen molar-refractivity contribution in [3.8, 4) is 0 Å². The summed E-state index contributed by atoms with van der Waals surface area (Å²) in [5, 5.41) is 12.0. The molecular formula is C15H16Cl2N2O5. The molecule has 2 amide bonds. The highest BCUT2D eigenvalue weighted by Crippen LogP contribution is 2.25. The molecule has 2 N–H and O–H groups in total. The van der Waals surface area contributed by atoms with Crippen LogP contribution in [0.15, 0.2) is 18.2 Å². The van der Waals surface area contributed by atoms with Crippen molar-refractivity contribution in [1.29, 1.82) is 0 Å². The number of nitrogens with zero attached hydrogens (tertiary/aromatic N) is 1. The topological polar surface area (TPSA) is 95.9 Å². The average Bonchev–Trinajstić information content (AvgIpc) is 2.56. The molecule has 2 unspecified atom stereocenters. The lowest BCUT2D eigenvalue weighted by molar-refractivity contribution is -0.158. The molecule has 1 aliphatic heterocycles. The summed E-state index contributed by atoms with van der Waals surface area (Å²) in [6, 6.07) is 2.60. The maximum atomic E-state index is 12.5. The number of hydrogen-bond donors (Lipinski definition) is 2. The van der Waals surface area contributed by atoms with Gasteiger partial charge in [-0.25, -0.2) is 4.79 Å². The molecule has 1 aromatic rings. The molecule has 1 aliphatic rings. The molecule has 2 rings (SSSR count). The number of carbonyl (C=O) groups is 3. The summed E-state index contributed by atoms with van der Waals surface area (Å²) in [4.78, 5) is 37.1. The Morgan fingerprint density at radius 1 is 1.38 bits per heavy atom. The molecule has 0 aromatic heterocycles. The zero-order valence-corrected chi connectivity index (χ0v) is 14.3. The smallest absolute Gasteiger partial charge is 0.328 e. The molecule has 1 saturated heterocycles. The number of ether oxygens (including phenoxy) is 1. The van der Waals surface area contributed by atoms with Crippen LogP contribution in [0.2, 0.25) is 10.0 Å². The Morgan fingerprint density at radius 2 is 2.08 bits per heavy atom. The third kappa shape index (κ3) is 3.98. The van der Waals surface area contributed by atoms with Gasteiger partial charge in [-0.1, -0.05) is 29.3 Å². The third-order valence-corrected chi connectivity index (χ3v) is 4.43. The highest BCUT2D eigenvalue weighted by Gasteiger charge is 2.35. The van der Waals surface area contributed by atoms with E-state index in [1.165, 1.54) is 17.9 Å². The van der Waals surface area contributed by atoms with Crippen LogP contribution in [0.1, 0.15) is 17.3 Å². The highest BCUT2D eigenvalue weighted by molar-refractivity contribution is 6.43. The highest BCUT2D eigenvalue weighted by atomic mass is 35.5. The summed E-state index contributed by atoms with van der Waals surface area (Å²) < 4.78 is 5.09. The van der Waals surface area contributed by atoms with E-state index in [1.54, 1.807) is 12.1 Å². The molecule has 1 heterocycles. The van der Waals surface area contributed by atoms with Gasteiger partial charge in [-0.15, -0.1) is 0 Å². The molecule has 0 radical (unpaired) electrons. The predicted octanol–water partition coefficient (Wildman–Crippen LogP) is 1.42. The van der Waals surface area contributed by atoms with Crippen LogP contribution < -0.4 is 5.32 Å². The molecule has 0 spiro atoms. The largest absolute Gasteiger partial charge is 0.480 e. The van der Waals surface area contributed by atoms with Crippen molar-refractivity contribution in [2.24, 2.45) is 0 Å². The zero-order chi connectivity index (χ0) is 17.9. The number of morpholine rings is 1. The van der Waals surface area contributed by atoms with Gasteiger partial charge in [0.1, 0.15) is 6.04 Å². The van der Waals surface area contributed by atoms with E-state index in [0.717, 1.165) is 0 Å². The lowest BCUT2D eigenvalue weighted by atomic mass is 10.1. The van der Waals surface area contributed by atoms with Crippen molar-refractivity contribution in [2.45, 2.75) is 19.0 Å². The first-order valence-corrected chi connectivity index (χ1v) is 7.94. The number of carboxylic acids is 1. The number of nitrogens with one attached hydrogen (secondary N) is 1. The van der Waals surface area contributed by atoms with Gasteiger partial charge < -0.3 is 20.1 Å². The lowest BCUT2D eigenvalue weighted by Gasteiger charge is -2.34. The minimum absolute atomic E-state index is 0.0815. The molecule has 9 heteroatoms. The van der Waals surface area contributed by atoms with Gasteiger partial charge in [0.05, 0.1) is 28.8 Å². The summed E-state index contributed by atoms with van der Waals surface area (Å²) in [6.07, 6.45) is 0. The quantitative estimate of drug-likeness (QED) is 0.830. The Morgan fingerprint density at radius 3 is 2.75 bits per heavy atom. The summed E-state index contributed by atoms with van der Waals surface area (Å²) >= 11 is 11.8. The maximum Gasteiger partial charge on any atom is 0.328 e. The Bertz CT molecular complexity index is 667. The van der Waals surface area contributed by atoms with Crippen molar-refractivity contribution in [3.05, 3.63) is 33.8 Å². The molecule has 2 atom stereocenters. The van der Waals surface area contributed by atoms with Crippen LogP contribution >= 0.6 is 23.2 Å². The van der Waals surface area contributed by atoms with Crippen LogP contribution in [0.3, 0.4) is 0 Å². The first-order valence-electron chi connectivity index (χ1n) is 7.18. The molecular weight excluding hydrogens is 359 g/mol. The summed E-state index contributed by atoms with van der Waals surface area (Å²) in [6.45, 7) is 1.79. The van der Waals surface area contributed by atoms with Gasteiger partial charge in [0, 0.05) is 6.54 Å². The standard InChI is InChI=1S/C15H16Cl2N2O5/c1-8(14(21)19-5-6-24-7-11(19)15(22)23)18-13(20)9-3-2-4-10(16)12(9)17/h2-4,8,11H,5-7H2,1H3,(H,18,20)(H,22,23). The second kappa shape index (κ2) is 7.83. The van der Waals surface area contributed by atoms with Crippen molar-refractivity contribution in [2.75, 3.05) is 19.8 Å². The zero-order valence-electron chi connectivity index (χ0n) is 12.8. The average molecular weight is 375 g/mol. The fourth-order valence-electron chi connectivity index (χ4n) is 2.34. The number of hydrogen-bond acceptors (Lipinski definition) is 4. The van der Waals surface area contributed by atoms with E-state index in [0.29, 0.717) is 0 Å². The Kier molecular flexibility index (Phi) is 6.04. The van der Waals surface area contributed by atoms with Crippen LogP contribution in [0, 0.1) is 0 Å². The van der Waals surface area contributed by atoms with E-state index >= 15 is 0 Å². The normalized spacial score (nSPS) is 18.8. The Labute approximate surface area is 148 Å². The number of carbonyl (C=O) groups excluding carboxylic acids is 2. The number of rotatable bonds is 4. The van der Waals surface area contributed by atoms with Crippen LogP contribution in [-0.2, 0) is 14.3 Å². The van der Waals surface area contributed by atoms with E-state index < -0.39 is 29.9 Å². The predicted molar refractivity (Wildman–Crippen MR) is 87.3 cm³/mol. The number of aliphatic carboxylic acids is 1. The molecule has 24 heavy (non-hydrogen) atoms. The van der Waals surface area contributed by atoms with Gasteiger partial charge in [-0.3, -0.25) is 9.59 Å². The van der Waals surface area contributed by atoms with Crippen molar-refractivity contribution < 1.29 is 24.2 Å². The molecule has 7 nitrogen and oxygen atoms in total.